The lowest BCUT2D eigenvalue weighted by Crippen LogP contribution is -2.29. The molecule has 0 radical (unpaired) electrons. The van der Waals surface area contributed by atoms with Gasteiger partial charge in [0, 0.05) is 19.5 Å². The summed E-state index contributed by atoms with van der Waals surface area (Å²) in [5, 5.41) is 0. The van der Waals surface area contributed by atoms with Gasteiger partial charge >= 0.3 is 0 Å². The predicted molar refractivity (Wildman–Crippen MR) is 78.7 cm³/mol. The van der Waals surface area contributed by atoms with Gasteiger partial charge in [0.1, 0.15) is 5.75 Å². The molecule has 1 saturated carbocycles. The molecule has 2 atom stereocenters. The van der Waals surface area contributed by atoms with Crippen LogP contribution in [-0.2, 0) is 11.2 Å². The first-order valence-electron chi connectivity index (χ1n) is 7.67. The lowest BCUT2D eigenvalue weighted by atomic mass is 10.0. The molecule has 1 aliphatic heterocycles. The van der Waals surface area contributed by atoms with Crippen LogP contribution in [0.1, 0.15) is 31.2 Å². The maximum Gasteiger partial charge on any atom is 0.222 e. The van der Waals surface area contributed by atoms with Crippen LogP contribution in [0.4, 0.5) is 0 Å². The van der Waals surface area contributed by atoms with E-state index in [-0.39, 0.29) is 0 Å². The van der Waals surface area contributed by atoms with E-state index in [2.05, 4.69) is 4.90 Å². The monoisotopic (exact) mass is 273 g/mol. The fourth-order valence-corrected chi connectivity index (χ4v) is 3.75. The van der Waals surface area contributed by atoms with Gasteiger partial charge in [-0.1, -0.05) is 24.6 Å². The molecule has 0 N–H and O–H groups in total. The third-order valence-corrected chi connectivity index (χ3v) is 4.88. The topological polar surface area (TPSA) is 29.5 Å². The minimum atomic E-state index is 0.310. The number of para-hydroxylation sites is 1. The first kappa shape index (κ1) is 13.5. The van der Waals surface area contributed by atoms with Gasteiger partial charge in [0.15, 0.2) is 0 Å². The maximum absolute atomic E-state index is 12.3. The molecule has 1 saturated heterocycles. The molecule has 1 aliphatic carbocycles. The lowest BCUT2D eigenvalue weighted by molar-refractivity contribution is -0.130. The average Bonchev–Trinajstić information content (AvgIpc) is 3.06. The van der Waals surface area contributed by atoms with Crippen molar-refractivity contribution < 1.29 is 9.53 Å². The van der Waals surface area contributed by atoms with E-state index >= 15 is 0 Å². The predicted octanol–water partition coefficient (Wildman–Crippen LogP) is 2.89. The van der Waals surface area contributed by atoms with E-state index in [0.717, 1.165) is 42.7 Å². The van der Waals surface area contributed by atoms with Crippen molar-refractivity contribution in [1.82, 2.24) is 4.90 Å². The third-order valence-electron chi connectivity index (χ3n) is 4.88. The van der Waals surface area contributed by atoms with E-state index in [0.29, 0.717) is 12.3 Å². The minimum Gasteiger partial charge on any atom is -0.496 e. The van der Waals surface area contributed by atoms with Gasteiger partial charge < -0.3 is 9.64 Å². The molecular formula is C17H23NO2. The second-order valence-electron chi connectivity index (χ2n) is 6.06. The molecule has 3 heteroatoms. The zero-order valence-electron chi connectivity index (χ0n) is 12.2. The van der Waals surface area contributed by atoms with Crippen LogP contribution in [0.15, 0.2) is 24.3 Å². The van der Waals surface area contributed by atoms with Gasteiger partial charge in [-0.05, 0) is 42.7 Å². The summed E-state index contributed by atoms with van der Waals surface area (Å²) >= 11 is 0. The van der Waals surface area contributed by atoms with Gasteiger partial charge in [0.25, 0.3) is 0 Å². The molecule has 2 unspecified atom stereocenters. The van der Waals surface area contributed by atoms with Gasteiger partial charge in [-0.15, -0.1) is 0 Å². The van der Waals surface area contributed by atoms with E-state index in [1.54, 1.807) is 7.11 Å². The standard InChI is InChI=1S/C17H23NO2/c1-20-16-8-3-2-5-13(16)9-10-17(19)18-11-14-6-4-7-15(14)12-18/h2-3,5,8,14-15H,4,6-7,9-12H2,1H3. The Bertz CT molecular complexity index is 474. The molecule has 0 aromatic heterocycles. The summed E-state index contributed by atoms with van der Waals surface area (Å²) in [4.78, 5) is 14.4. The number of carbonyl (C=O) groups excluding carboxylic acids is 1. The van der Waals surface area contributed by atoms with Crippen molar-refractivity contribution in [1.29, 1.82) is 0 Å². The molecule has 0 bridgehead atoms. The first-order chi connectivity index (χ1) is 9.78. The summed E-state index contributed by atoms with van der Waals surface area (Å²) in [6, 6.07) is 7.97. The number of benzene rings is 1. The number of carbonyl (C=O) groups is 1. The number of aryl methyl sites for hydroxylation is 1. The van der Waals surface area contributed by atoms with Crippen LogP contribution in [0.2, 0.25) is 0 Å². The molecule has 1 amide bonds. The van der Waals surface area contributed by atoms with Crippen LogP contribution < -0.4 is 4.74 Å². The average molecular weight is 273 g/mol. The van der Waals surface area contributed by atoms with Crippen LogP contribution in [0.5, 0.6) is 5.75 Å². The van der Waals surface area contributed by atoms with Gasteiger partial charge in [-0.2, -0.15) is 0 Å². The Balaban J connectivity index is 1.55. The summed E-state index contributed by atoms with van der Waals surface area (Å²) in [6.45, 7) is 1.99. The van der Waals surface area contributed by atoms with E-state index < -0.39 is 0 Å². The molecule has 3 rings (SSSR count). The Morgan fingerprint density at radius 1 is 1.25 bits per heavy atom. The SMILES string of the molecule is COc1ccccc1CCC(=O)N1CC2CCCC2C1. The Morgan fingerprint density at radius 2 is 1.95 bits per heavy atom. The highest BCUT2D eigenvalue weighted by Gasteiger charge is 2.37. The molecule has 1 aromatic carbocycles. The smallest absolute Gasteiger partial charge is 0.222 e. The summed E-state index contributed by atoms with van der Waals surface area (Å²) in [6.07, 6.45) is 5.37. The van der Waals surface area contributed by atoms with E-state index in [1.165, 1.54) is 19.3 Å². The van der Waals surface area contributed by atoms with Crippen LogP contribution >= 0.6 is 0 Å². The normalized spacial score (nSPS) is 24.8. The lowest BCUT2D eigenvalue weighted by Gasteiger charge is -2.17. The molecule has 2 fully saturated rings. The number of methoxy groups -OCH3 is 1. The van der Waals surface area contributed by atoms with Crippen molar-refractivity contribution >= 4 is 5.91 Å². The third kappa shape index (κ3) is 2.67. The van der Waals surface area contributed by atoms with E-state index in [9.17, 15) is 4.79 Å². The molecular weight excluding hydrogens is 250 g/mol. The summed E-state index contributed by atoms with van der Waals surface area (Å²) in [5.74, 6) is 2.76. The number of rotatable bonds is 4. The molecule has 0 spiro atoms. The highest BCUT2D eigenvalue weighted by molar-refractivity contribution is 5.77. The van der Waals surface area contributed by atoms with Crippen molar-refractivity contribution in [2.45, 2.75) is 32.1 Å². The number of amides is 1. The second kappa shape index (κ2) is 5.86. The molecule has 1 heterocycles. The molecule has 20 heavy (non-hydrogen) atoms. The van der Waals surface area contributed by atoms with Crippen LogP contribution in [0, 0.1) is 11.8 Å². The molecule has 3 nitrogen and oxygen atoms in total. The second-order valence-corrected chi connectivity index (χ2v) is 6.06. The Kier molecular flexibility index (Phi) is 3.95. The highest BCUT2D eigenvalue weighted by Crippen LogP contribution is 2.37. The van der Waals surface area contributed by atoms with Crippen molar-refractivity contribution in [3.8, 4) is 5.75 Å². The van der Waals surface area contributed by atoms with E-state index in [1.807, 2.05) is 24.3 Å². The van der Waals surface area contributed by atoms with Crippen molar-refractivity contribution in [3.05, 3.63) is 29.8 Å². The summed E-state index contributed by atoms with van der Waals surface area (Å²) < 4.78 is 5.34. The van der Waals surface area contributed by atoms with Crippen molar-refractivity contribution in [2.24, 2.45) is 11.8 Å². The first-order valence-corrected chi connectivity index (χ1v) is 7.67. The van der Waals surface area contributed by atoms with Crippen LogP contribution in [-0.4, -0.2) is 31.0 Å². The number of hydrogen-bond donors (Lipinski definition) is 0. The van der Waals surface area contributed by atoms with Gasteiger partial charge in [-0.3, -0.25) is 4.79 Å². The quantitative estimate of drug-likeness (QED) is 0.844. The van der Waals surface area contributed by atoms with Gasteiger partial charge in [0.05, 0.1) is 7.11 Å². The summed E-state index contributed by atoms with van der Waals surface area (Å²) in [7, 11) is 1.68. The number of fused-ring (bicyclic) bond motifs is 1. The zero-order valence-corrected chi connectivity index (χ0v) is 12.2. The number of hydrogen-bond acceptors (Lipinski definition) is 2. The largest absolute Gasteiger partial charge is 0.496 e. The number of ether oxygens (including phenoxy) is 1. The van der Waals surface area contributed by atoms with Crippen LogP contribution in [0.25, 0.3) is 0 Å². The molecule has 1 aromatic rings. The molecule has 2 aliphatic rings. The Morgan fingerprint density at radius 3 is 2.65 bits per heavy atom. The fraction of sp³-hybridized carbons (Fsp3) is 0.588. The highest BCUT2D eigenvalue weighted by atomic mass is 16.5. The van der Waals surface area contributed by atoms with Crippen LogP contribution in [0.3, 0.4) is 0 Å². The summed E-state index contributed by atoms with van der Waals surface area (Å²) in [5.41, 5.74) is 1.13. The Hall–Kier alpha value is -1.51. The number of likely N-dealkylation sites (tertiary alicyclic amines) is 1. The number of nitrogens with zero attached hydrogens (tertiary/aromatic N) is 1. The Labute approximate surface area is 120 Å². The van der Waals surface area contributed by atoms with Gasteiger partial charge in [-0.25, -0.2) is 0 Å². The maximum atomic E-state index is 12.3. The van der Waals surface area contributed by atoms with Gasteiger partial charge in [0.2, 0.25) is 5.91 Å². The van der Waals surface area contributed by atoms with Crippen molar-refractivity contribution in [3.63, 3.8) is 0 Å². The van der Waals surface area contributed by atoms with E-state index in [4.69, 9.17) is 4.74 Å². The van der Waals surface area contributed by atoms with Crippen molar-refractivity contribution in [2.75, 3.05) is 20.2 Å². The fourth-order valence-electron chi connectivity index (χ4n) is 3.75. The zero-order chi connectivity index (χ0) is 13.9. The minimum absolute atomic E-state index is 0.310. The molecule has 108 valence electrons.